The number of carbonyl (C=O) groups excluding carboxylic acids is 1. The van der Waals surface area contributed by atoms with Gasteiger partial charge in [-0.05, 0) is 15.9 Å². The molecular formula is C7H7BrN2O3. The highest BCUT2D eigenvalue weighted by Gasteiger charge is 2.21. The van der Waals surface area contributed by atoms with E-state index < -0.39 is 4.92 Å². The van der Waals surface area contributed by atoms with Gasteiger partial charge in [0.25, 0.3) is 0 Å². The highest BCUT2D eigenvalue weighted by molar-refractivity contribution is 9.10. The van der Waals surface area contributed by atoms with E-state index in [1.165, 1.54) is 17.6 Å². The van der Waals surface area contributed by atoms with E-state index in [2.05, 4.69) is 15.9 Å². The second-order valence-electron chi connectivity index (χ2n) is 2.58. The Labute approximate surface area is 82.6 Å². The van der Waals surface area contributed by atoms with E-state index in [-0.39, 0.29) is 11.5 Å². The van der Waals surface area contributed by atoms with Crippen LogP contribution < -0.4 is 0 Å². The minimum atomic E-state index is -0.531. The molecule has 0 unspecified atom stereocenters. The summed E-state index contributed by atoms with van der Waals surface area (Å²) in [5.74, 6) is -0.198. The second-order valence-corrected chi connectivity index (χ2v) is 3.33. The lowest BCUT2D eigenvalue weighted by molar-refractivity contribution is -0.385. The molecule has 1 heterocycles. The topological polar surface area (TPSA) is 65.1 Å². The molecule has 0 aliphatic rings. The van der Waals surface area contributed by atoms with E-state index in [4.69, 9.17) is 0 Å². The van der Waals surface area contributed by atoms with Crippen LogP contribution in [0.2, 0.25) is 0 Å². The summed E-state index contributed by atoms with van der Waals surface area (Å²) in [4.78, 5) is 20.9. The minimum absolute atomic E-state index is 0.0901. The van der Waals surface area contributed by atoms with Crippen LogP contribution in [0.25, 0.3) is 0 Å². The molecule has 0 saturated heterocycles. The summed E-state index contributed by atoms with van der Waals surface area (Å²) in [6.45, 7) is 1.37. The third-order valence-electron chi connectivity index (χ3n) is 1.70. The van der Waals surface area contributed by atoms with E-state index in [9.17, 15) is 14.9 Å². The van der Waals surface area contributed by atoms with Crippen LogP contribution in [0.3, 0.4) is 0 Å². The Morgan fingerprint density at radius 3 is 2.46 bits per heavy atom. The van der Waals surface area contributed by atoms with Crippen LogP contribution in [0.4, 0.5) is 5.69 Å². The fourth-order valence-electron chi connectivity index (χ4n) is 1.03. The lowest BCUT2D eigenvalue weighted by Gasteiger charge is -1.96. The maximum absolute atomic E-state index is 11.0. The fourth-order valence-corrected chi connectivity index (χ4v) is 1.48. The Kier molecular flexibility index (Phi) is 2.51. The molecule has 0 spiro atoms. The molecule has 0 N–H and O–H groups in total. The number of aromatic nitrogens is 1. The zero-order valence-corrected chi connectivity index (χ0v) is 8.66. The summed E-state index contributed by atoms with van der Waals surface area (Å²) in [7, 11) is 1.59. The Hall–Kier alpha value is -1.17. The molecule has 6 heteroatoms. The lowest BCUT2D eigenvalue weighted by Crippen LogP contribution is -2.00. The van der Waals surface area contributed by atoms with Crippen LogP contribution in [0, 0.1) is 10.1 Å². The Morgan fingerprint density at radius 1 is 1.69 bits per heavy atom. The van der Waals surface area contributed by atoms with Crippen molar-refractivity contribution in [1.82, 2.24) is 4.57 Å². The summed E-state index contributed by atoms with van der Waals surface area (Å²) < 4.78 is 1.75. The smallest absolute Gasteiger partial charge is 0.302 e. The van der Waals surface area contributed by atoms with Gasteiger partial charge in [-0.1, -0.05) is 0 Å². The van der Waals surface area contributed by atoms with Crippen molar-refractivity contribution >= 4 is 27.4 Å². The minimum Gasteiger partial charge on any atom is -0.330 e. The van der Waals surface area contributed by atoms with E-state index >= 15 is 0 Å². The molecule has 1 rings (SSSR count). The van der Waals surface area contributed by atoms with Crippen molar-refractivity contribution in [3.8, 4) is 0 Å². The van der Waals surface area contributed by atoms with E-state index in [1.54, 1.807) is 7.05 Å². The maximum atomic E-state index is 11.0. The second kappa shape index (κ2) is 3.29. The van der Waals surface area contributed by atoms with Crippen LogP contribution in [-0.2, 0) is 7.05 Å². The lowest BCUT2D eigenvalue weighted by atomic mass is 10.3. The zero-order valence-electron chi connectivity index (χ0n) is 7.07. The van der Waals surface area contributed by atoms with Crippen LogP contribution >= 0.6 is 15.9 Å². The average Bonchev–Trinajstić information content (AvgIpc) is 2.29. The summed E-state index contributed by atoms with van der Waals surface area (Å²) in [5.41, 5.74) is 0.228. The van der Waals surface area contributed by atoms with Crippen molar-refractivity contribution in [2.45, 2.75) is 6.92 Å². The molecule has 0 bridgehead atoms. The zero-order chi connectivity index (χ0) is 10.2. The largest absolute Gasteiger partial charge is 0.330 e. The third kappa shape index (κ3) is 1.62. The van der Waals surface area contributed by atoms with Crippen molar-refractivity contribution in [2.75, 3.05) is 0 Å². The molecule has 0 fully saturated rings. The SMILES string of the molecule is CC(=O)c1cc([N+](=O)[O-])c(Br)n1C. The van der Waals surface area contributed by atoms with E-state index in [1.807, 2.05) is 0 Å². The molecule has 0 aromatic carbocycles. The quantitative estimate of drug-likeness (QED) is 0.455. The number of rotatable bonds is 2. The van der Waals surface area contributed by atoms with Gasteiger partial charge in [0.1, 0.15) is 0 Å². The van der Waals surface area contributed by atoms with Gasteiger partial charge in [0.05, 0.1) is 10.6 Å². The maximum Gasteiger partial charge on any atom is 0.302 e. The first kappa shape index (κ1) is 9.91. The van der Waals surface area contributed by atoms with Gasteiger partial charge in [-0.2, -0.15) is 0 Å². The van der Waals surface area contributed by atoms with Gasteiger partial charge < -0.3 is 4.57 Å². The number of hydrogen-bond donors (Lipinski definition) is 0. The fraction of sp³-hybridized carbons (Fsp3) is 0.286. The van der Waals surface area contributed by atoms with Crippen molar-refractivity contribution in [3.63, 3.8) is 0 Å². The summed E-state index contributed by atoms with van der Waals surface area (Å²) >= 11 is 3.04. The molecule has 0 atom stereocenters. The number of hydrogen-bond acceptors (Lipinski definition) is 3. The molecular weight excluding hydrogens is 240 g/mol. The van der Waals surface area contributed by atoms with E-state index in [0.717, 1.165) is 0 Å². The van der Waals surface area contributed by atoms with Crippen molar-refractivity contribution in [1.29, 1.82) is 0 Å². The van der Waals surface area contributed by atoms with Crippen molar-refractivity contribution in [2.24, 2.45) is 7.05 Å². The average molecular weight is 247 g/mol. The number of nitrogens with zero attached hydrogens (tertiary/aromatic N) is 2. The van der Waals surface area contributed by atoms with Gasteiger partial charge in [0.2, 0.25) is 0 Å². The van der Waals surface area contributed by atoms with Gasteiger partial charge in [-0.15, -0.1) is 0 Å². The number of halogens is 1. The van der Waals surface area contributed by atoms with Crippen LogP contribution in [0.15, 0.2) is 10.7 Å². The van der Waals surface area contributed by atoms with Crippen LogP contribution in [-0.4, -0.2) is 15.3 Å². The molecule has 0 radical (unpaired) electrons. The molecule has 5 nitrogen and oxygen atoms in total. The Morgan fingerprint density at radius 2 is 2.23 bits per heavy atom. The van der Waals surface area contributed by atoms with Gasteiger partial charge in [-0.3, -0.25) is 14.9 Å². The normalized spacial score (nSPS) is 10.1. The standard InChI is InChI=1S/C7H7BrN2O3/c1-4(11)5-3-6(10(12)13)7(8)9(5)2/h3H,1-2H3. The molecule has 1 aromatic heterocycles. The van der Waals surface area contributed by atoms with Gasteiger partial charge in [0.15, 0.2) is 10.4 Å². The Balaban J connectivity index is 3.36. The summed E-state index contributed by atoms with van der Waals surface area (Å²) in [6.07, 6.45) is 0. The molecule has 13 heavy (non-hydrogen) atoms. The highest BCUT2D eigenvalue weighted by atomic mass is 79.9. The molecule has 0 amide bonds. The number of ketones is 1. The molecule has 1 aromatic rings. The first-order valence-corrected chi connectivity index (χ1v) is 4.25. The van der Waals surface area contributed by atoms with E-state index in [0.29, 0.717) is 10.3 Å². The van der Waals surface area contributed by atoms with Gasteiger partial charge in [0, 0.05) is 20.0 Å². The molecule has 0 aliphatic heterocycles. The monoisotopic (exact) mass is 246 g/mol. The number of nitro groups is 1. The third-order valence-corrected chi connectivity index (χ3v) is 2.64. The Bertz CT molecular complexity index is 349. The van der Waals surface area contributed by atoms with Gasteiger partial charge >= 0.3 is 5.69 Å². The van der Waals surface area contributed by atoms with Crippen LogP contribution in [0.5, 0.6) is 0 Å². The molecule has 70 valence electrons. The molecule has 0 aliphatic carbocycles. The van der Waals surface area contributed by atoms with Crippen LogP contribution in [0.1, 0.15) is 17.4 Å². The van der Waals surface area contributed by atoms with Crippen molar-refractivity contribution in [3.05, 3.63) is 26.5 Å². The predicted octanol–water partition coefficient (Wildman–Crippen LogP) is 1.90. The first-order valence-electron chi connectivity index (χ1n) is 3.45. The van der Waals surface area contributed by atoms with Crippen molar-refractivity contribution < 1.29 is 9.72 Å². The first-order chi connectivity index (χ1) is 5.95. The summed E-state index contributed by atoms with van der Waals surface area (Å²) in [5, 5.41) is 10.5. The number of Topliss-reactive ketones (excluding diaryl/α,β-unsaturated/α-hetero) is 1. The highest BCUT2D eigenvalue weighted by Crippen LogP contribution is 2.27. The summed E-state index contributed by atoms with van der Waals surface area (Å²) in [6, 6.07) is 1.26. The molecule has 0 saturated carbocycles. The predicted molar refractivity (Wildman–Crippen MR) is 49.8 cm³/mol. The number of carbonyl (C=O) groups is 1. The van der Waals surface area contributed by atoms with Gasteiger partial charge in [-0.25, -0.2) is 0 Å².